The fraction of sp³-hybridized carbons (Fsp3) is 0.231. The van der Waals surface area contributed by atoms with Gasteiger partial charge in [0, 0.05) is 14.1 Å². The second kappa shape index (κ2) is 6.11. The highest BCUT2D eigenvalue weighted by Gasteiger charge is 2.18. The number of terminal acetylenes is 1. The van der Waals surface area contributed by atoms with Crippen LogP contribution in [0.4, 0.5) is 0 Å². The molecule has 0 atom stereocenters. The van der Waals surface area contributed by atoms with Crippen LogP contribution in [-0.2, 0) is 10.0 Å². The number of sulfonamides is 1. The molecule has 1 aromatic carbocycles. The van der Waals surface area contributed by atoms with E-state index < -0.39 is 10.0 Å². The summed E-state index contributed by atoms with van der Waals surface area (Å²) < 4.78 is 33.6. The first kappa shape index (κ1) is 15.3. The van der Waals surface area contributed by atoms with Gasteiger partial charge < -0.3 is 9.64 Å². The van der Waals surface area contributed by atoms with Crippen molar-refractivity contribution in [1.29, 1.82) is 0 Å². The lowest BCUT2D eigenvalue weighted by Crippen LogP contribution is -2.10. The van der Waals surface area contributed by atoms with Crippen molar-refractivity contribution in [3.63, 3.8) is 0 Å². The van der Waals surface area contributed by atoms with Crippen LogP contribution in [-0.4, -0.2) is 45.3 Å². The Morgan fingerprint density at radius 1 is 1.52 bits per heavy atom. The fourth-order valence-electron chi connectivity index (χ4n) is 1.41. The van der Waals surface area contributed by atoms with Crippen molar-refractivity contribution in [3.8, 4) is 18.1 Å². The molecule has 1 aromatic heterocycles. The third-order valence-electron chi connectivity index (χ3n) is 2.30. The molecule has 0 aliphatic heterocycles. The number of ether oxygens (including phenoxy) is 1. The standard InChI is InChI=1S/C13H13N3O3S2/c1-4-7-19-10-5-6-11-12(8-10)20-13(15-11)21(17,18)14-9-16(2)3/h1,5-6,8-9H,7H2,2-3H3/b14-9+. The molecular formula is C13H13N3O3S2. The van der Waals surface area contributed by atoms with E-state index in [0.29, 0.717) is 16.0 Å². The molecule has 6 nitrogen and oxygen atoms in total. The third-order valence-corrected chi connectivity index (χ3v) is 4.90. The Balaban J connectivity index is 2.37. The Labute approximate surface area is 127 Å². The number of aromatic nitrogens is 1. The summed E-state index contributed by atoms with van der Waals surface area (Å²) in [6, 6.07) is 5.09. The summed E-state index contributed by atoms with van der Waals surface area (Å²) in [5.74, 6) is 2.94. The van der Waals surface area contributed by atoms with Crippen molar-refractivity contribution < 1.29 is 13.2 Å². The number of hydrogen-bond donors (Lipinski definition) is 0. The summed E-state index contributed by atoms with van der Waals surface area (Å²) in [6.45, 7) is 0.155. The largest absolute Gasteiger partial charge is 0.481 e. The maximum atomic E-state index is 12.0. The van der Waals surface area contributed by atoms with E-state index in [9.17, 15) is 8.42 Å². The van der Waals surface area contributed by atoms with Gasteiger partial charge in [0.25, 0.3) is 0 Å². The summed E-state index contributed by atoms with van der Waals surface area (Å²) in [5, 5.41) is 0. The third kappa shape index (κ3) is 3.71. The van der Waals surface area contributed by atoms with Crippen molar-refractivity contribution in [3.05, 3.63) is 18.2 Å². The number of nitrogens with zero attached hydrogens (tertiary/aromatic N) is 3. The number of hydrogen-bond acceptors (Lipinski definition) is 5. The molecule has 1 heterocycles. The van der Waals surface area contributed by atoms with Crippen molar-refractivity contribution in [1.82, 2.24) is 9.88 Å². The first-order chi connectivity index (χ1) is 9.92. The van der Waals surface area contributed by atoms with Crippen LogP contribution in [0.2, 0.25) is 0 Å². The molecule has 0 amide bonds. The molecule has 21 heavy (non-hydrogen) atoms. The topological polar surface area (TPSA) is 71.9 Å². The first-order valence-electron chi connectivity index (χ1n) is 5.86. The van der Waals surface area contributed by atoms with E-state index in [1.807, 2.05) is 0 Å². The van der Waals surface area contributed by atoms with Crippen LogP contribution in [0.3, 0.4) is 0 Å². The van der Waals surface area contributed by atoms with Gasteiger partial charge in [-0.05, 0) is 18.2 Å². The molecule has 0 N–H and O–H groups in total. The van der Waals surface area contributed by atoms with E-state index in [1.54, 1.807) is 32.3 Å². The Bertz CT molecular complexity index is 817. The quantitative estimate of drug-likeness (QED) is 0.475. The minimum Gasteiger partial charge on any atom is -0.481 e. The van der Waals surface area contributed by atoms with Crippen molar-refractivity contribution in [2.75, 3.05) is 20.7 Å². The number of thiazole rings is 1. The van der Waals surface area contributed by atoms with Gasteiger partial charge in [-0.2, -0.15) is 8.42 Å². The summed E-state index contributed by atoms with van der Waals surface area (Å²) in [7, 11) is -0.411. The van der Waals surface area contributed by atoms with Crippen LogP contribution in [0.25, 0.3) is 10.2 Å². The van der Waals surface area contributed by atoms with Crippen LogP contribution < -0.4 is 4.74 Å². The highest BCUT2D eigenvalue weighted by molar-refractivity contribution is 7.92. The van der Waals surface area contributed by atoms with Gasteiger partial charge in [-0.1, -0.05) is 5.92 Å². The van der Waals surface area contributed by atoms with E-state index in [2.05, 4.69) is 15.3 Å². The summed E-state index contributed by atoms with van der Waals surface area (Å²) in [4.78, 5) is 5.62. The van der Waals surface area contributed by atoms with Crippen molar-refractivity contribution >= 4 is 37.9 Å². The monoisotopic (exact) mass is 323 g/mol. The average molecular weight is 323 g/mol. The minimum atomic E-state index is -3.78. The van der Waals surface area contributed by atoms with Gasteiger partial charge in [-0.25, -0.2) is 4.98 Å². The Morgan fingerprint density at radius 3 is 2.95 bits per heavy atom. The highest BCUT2D eigenvalue weighted by atomic mass is 32.2. The van der Waals surface area contributed by atoms with Gasteiger partial charge in [0.1, 0.15) is 18.7 Å². The van der Waals surface area contributed by atoms with E-state index in [4.69, 9.17) is 11.2 Å². The van der Waals surface area contributed by atoms with Gasteiger partial charge in [0.15, 0.2) is 0 Å². The molecule has 0 unspecified atom stereocenters. The van der Waals surface area contributed by atoms with Gasteiger partial charge in [0.05, 0.1) is 10.2 Å². The lowest BCUT2D eigenvalue weighted by Gasteiger charge is -2.00. The van der Waals surface area contributed by atoms with Gasteiger partial charge in [-0.15, -0.1) is 22.2 Å². The Kier molecular flexibility index (Phi) is 4.45. The highest BCUT2D eigenvalue weighted by Crippen LogP contribution is 2.29. The second-order valence-electron chi connectivity index (χ2n) is 4.26. The van der Waals surface area contributed by atoms with Gasteiger partial charge in [-0.3, -0.25) is 0 Å². The molecular weight excluding hydrogens is 310 g/mol. The molecule has 0 fully saturated rings. The molecule has 110 valence electrons. The molecule has 0 radical (unpaired) electrons. The number of fused-ring (bicyclic) bond motifs is 1. The van der Waals surface area contributed by atoms with Crippen molar-refractivity contribution in [2.45, 2.75) is 4.34 Å². The Hall–Kier alpha value is -2.11. The fourth-order valence-corrected chi connectivity index (χ4v) is 3.57. The molecule has 0 spiro atoms. The molecule has 2 rings (SSSR count). The summed E-state index contributed by atoms with van der Waals surface area (Å²) in [6.07, 6.45) is 6.35. The van der Waals surface area contributed by atoms with E-state index in [1.165, 1.54) is 11.2 Å². The van der Waals surface area contributed by atoms with E-state index in [-0.39, 0.29) is 10.9 Å². The zero-order valence-electron chi connectivity index (χ0n) is 11.5. The average Bonchev–Trinajstić information content (AvgIpc) is 2.87. The van der Waals surface area contributed by atoms with E-state index in [0.717, 1.165) is 11.3 Å². The van der Waals surface area contributed by atoms with Gasteiger partial charge in [0.2, 0.25) is 4.34 Å². The number of benzene rings is 1. The summed E-state index contributed by atoms with van der Waals surface area (Å²) >= 11 is 1.04. The minimum absolute atomic E-state index is 0.0512. The predicted molar refractivity (Wildman–Crippen MR) is 83.3 cm³/mol. The zero-order chi connectivity index (χ0) is 15.5. The SMILES string of the molecule is C#CCOc1ccc2nc(S(=O)(=O)/N=C/N(C)C)sc2c1. The van der Waals surface area contributed by atoms with Crippen LogP contribution in [0.1, 0.15) is 0 Å². The van der Waals surface area contributed by atoms with Crippen molar-refractivity contribution in [2.24, 2.45) is 4.40 Å². The summed E-state index contributed by atoms with van der Waals surface area (Å²) in [5.41, 5.74) is 0.576. The van der Waals surface area contributed by atoms with Crippen LogP contribution in [0.5, 0.6) is 5.75 Å². The maximum absolute atomic E-state index is 12.0. The van der Waals surface area contributed by atoms with Crippen LogP contribution in [0, 0.1) is 12.3 Å². The predicted octanol–water partition coefficient (Wildman–Crippen LogP) is 1.59. The first-order valence-corrected chi connectivity index (χ1v) is 8.12. The smallest absolute Gasteiger partial charge is 0.311 e. The Morgan fingerprint density at radius 2 is 2.29 bits per heavy atom. The lowest BCUT2D eigenvalue weighted by molar-refractivity contribution is 0.371. The molecule has 0 aliphatic rings. The molecule has 8 heteroatoms. The maximum Gasteiger partial charge on any atom is 0.311 e. The van der Waals surface area contributed by atoms with Crippen LogP contribution >= 0.6 is 11.3 Å². The second-order valence-corrected chi connectivity index (χ2v) is 7.10. The molecule has 0 aliphatic carbocycles. The molecule has 0 saturated heterocycles. The van der Waals surface area contributed by atoms with Gasteiger partial charge >= 0.3 is 10.0 Å². The molecule has 0 bridgehead atoms. The normalized spacial score (nSPS) is 11.7. The zero-order valence-corrected chi connectivity index (χ0v) is 13.1. The van der Waals surface area contributed by atoms with E-state index >= 15 is 0 Å². The van der Waals surface area contributed by atoms with Crippen LogP contribution in [0.15, 0.2) is 26.9 Å². The molecule has 0 saturated carbocycles. The number of rotatable bonds is 5. The lowest BCUT2D eigenvalue weighted by atomic mass is 10.3. The molecule has 2 aromatic rings.